The van der Waals surface area contributed by atoms with E-state index in [1.165, 1.54) is 19.8 Å². The molecule has 1 aliphatic heterocycles. The average Bonchev–Trinajstić information content (AvgIpc) is 2.44. The zero-order valence-corrected chi connectivity index (χ0v) is 12.7. The molecule has 0 bridgehead atoms. The number of aliphatic hydroxyl groups is 1. The molecule has 3 atom stereocenters. The van der Waals surface area contributed by atoms with Crippen LogP contribution in [0.1, 0.15) is 13.2 Å². The average molecular weight is 320 g/mol. The summed E-state index contributed by atoms with van der Waals surface area (Å²) in [6, 6.07) is 1.21. The first-order valence-electron chi connectivity index (χ1n) is 6.40. The number of hydrogen-bond acceptors (Lipinski definition) is 8. The van der Waals surface area contributed by atoms with Crippen molar-refractivity contribution in [3.63, 3.8) is 0 Å². The van der Waals surface area contributed by atoms with Gasteiger partial charge in [-0.05, 0) is 0 Å². The van der Waals surface area contributed by atoms with Crippen molar-refractivity contribution in [2.45, 2.75) is 25.4 Å². The van der Waals surface area contributed by atoms with Gasteiger partial charge in [-0.3, -0.25) is 0 Å². The molecule has 2 heterocycles. The van der Waals surface area contributed by atoms with Gasteiger partial charge in [0.25, 0.3) is 0 Å². The maximum absolute atomic E-state index is 11.8. The Hall–Kier alpha value is -1.03. The third-order valence-corrected chi connectivity index (χ3v) is 4.30. The monoisotopic (exact) mass is 320 g/mol. The molecular formula is C10H18BN2O7P. The van der Waals surface area contributed by atoms with Crippen LogP contribution in [0.5, 0.6) is 5.88 Å². The molecule has 21 heavy (non-hydrogen) atoms. The van der Waals surface area contributed by atoms with Gasteiger partial charge in [-0.1, -0.05) is 0 Å². The first-order chi connectivity index (χ1) is 9.78. The molecule has 1 aromatic rings. The predicted molar refractivity (Wildman–Crippen MR) is 76.7 cm³/mol. The number of hydrogen-bond donors (Lipinski definition) is 3. The fourth-order valence-corrected chi connectivity index (χ4v) is 2.96. The van der Waals surface area contributed by atoms with Gasteiger partial charge in [0.1, 0.15) is 0 Å². The van der Waals surface area contributed by atoms with Crippen molar-refractivity contribution in [1.29, 1.82) is 0 Å². The molecule has 1 aromatic heterocycles. The van der Waals surface area contributed by atoms with Crippen LogP contribution in [0.25, 0.3) is 0 Å². The summed E-state index contributed by atoms with van der Waals surface area (Å²) in [5, 5.41) is 19.3. The summed E-state index contributed by atoms with van der Waals surface area (Å²) in [6.07, 6.45) is -1.50. The van der Waals surface area contributed by atoms with Crippen LogP contribution in [0.2, 0.25) is 0 Å². The number of aromatic nitrogens is 2. The van der Waals surface area contributed by atoms with Gasteiger partial charge in [0, 0.05) is 0 Å². The van der Waals surface area contributed by atoms with Crippen molar-refractivity contribution in [1.82, 2.24) is 9.55 Å². The molecule has 0 amide bonds. The summed E-state index contributed by atoms with van der Waals surface area (Å²) in [5.74, 6) is -0.420. The van der Waals surface area contributed by atoms with E-state index < -0.39 is 37.8 Å². The zero-order chi connectivity index (χ0) is 15.6. The Kier molecular flexibility index (Phi) is 4.97. The third-order valence-electron chi connectivity index (χ3n) is 2.90. The Balaban J connectivity index is 2.29. The van der Waals surface area contributed by atoms with Crippen LogP contribution in [0.3, 0.4) is 0 Å². The number of aliphatic hydroxyl groups excluding tert-OH is 1. The molecule has 1 fully saturated rings. The Morgan fingerprint density at radius 2 is 2.14 bits per heavy atom. The van der Waals surface area contributed by atoms with Gasteiger partial charge in [-0.15, -0.1) is 0 Å². The minimum absolute atomic E-state index is 0.0582. The van der Waals surface area contributed by atoms with Crippen LogP contribution in [0, 0.1) is 0 Å². The summed E-state index contributed by atoms with van der Waals surface area (Å²) in [4.78, 5) is 25.1. The van der Waals surface area contributed by atoms with Crippen LogP contribution in [-0.4, -0.2) is 57.6 Å². The van der Waals surface area contributed by atoms with Crippen molar-refractivity contribution in [3.8, 4) is 5.88 Å². The van der Waals surface area contributed by atoms with Crippen molar-refractivity contribution in [3.05, 3.63) is 22.7 Å². The van der Waals surface area contributed by atoms with E-state index in [0.29, 0.717) is 0 Å². The first kappa shape index (κ1) is 16.3. The van der Waals surface area contributed by atoms with Crippen molar-refractivity contribution in [2.24, 2.45) is 0 Å². The van der Waals surface area contributed by atoms with Gasteiger partial charge in [-0.2, -0.15) is 0 Å². The van der Waals surface area contributed by atoms with Crippen LogP contribution in [0.4, 0.5) is 0 Å². The Bertz CT molecular complexity index is 554. The van der Waals surface area contributed by atoms with E-state index in [-0.39, 0.29) is 13.2 Å². The fraction of sp³-hybridized carbons (Fsp3) is 0.600. The zero-order valence-electron chi connectivity index (χ0n) is 11.7. The molecule has 0 aromatic carbocycles. The molecule has 1 saturated heterocycles. The molecule has 1 aliphatic rings. The Morgan fingerprint density at radius 3 is 2.81 bits per heavy atom. The predicted octanol–water partition coefficient (Wildman–Crippen LogP) is -1.70. The van der Waals surface area contributed by atoms with E-state index >= 15 is 0 Å². The number of rotatable bonds is 1. The van der Waals surface area contributed by atoms with Crippen LogP contribution >= 0.6 is 7.82 Å². The summed E-state index contributed by atoms with van der Waals surface area (Å²) in [6.45, 7) is 1.47. The first-order valence-corrected chi connectivity index (χ1v) is 8.67. The molecule has 0 unspecified atom stereocenters. The molecule has 0 spiro atoms. The second-order valence-electron chi connectivity index (χ2n) is 4.90. The van der Waals surface area contributed by atoms with Crippen LogP contribution < -0.4 is 5.69 Å². The number of aromatic hydroxyl groups is 1. The van der Waals surface area contributed by atoms with E-state index in [1.807, 2.05) is 0 Å². The summed E-state index contributed by atoms with van der Waals surface area (Å²) < 4.78 is 17.0. The Labute approximate surface area is 122 Å². The molecule has 0 saturated carbocycles. The second-order valence-corrected chi connectivity index (χ2v) is 7.27. The van der Waals surface area contributed by atoms with Gasteiger partial charge in [0.15, 0.2) is 0 Å². The standard InChI is InChI=1S/C10H18BN2O7P/c1-6-4-18-21(11,17)19-5-7(14)9(20-6)13-3-2-8(15)12-10(13)16/h2-3,6-7,9,14,17,21H,4-5,11H2,1H3,(H,12,15,16)/t6-,7-,9+/m0/s1. The van der Waals surface area contributed by atoms with Gasteiger partial charge in [0.05, 0.1) is 0 Å². The van der Waals surface area contributed by atoms with Gasteiger partial charge in [-0.25, -0.2) is 0 Å². The third kappa shape index (κ3) is 4.22. The number of ether oxygens (including phenoxy) is 1. The van der Waals surface area contributed by atoms with E-state index in [0.717, 1.165) is 4.57 Å². The van der Waals surface area contributed by atoms with Crippen LogP contribution in [0.15, 0.2) is 17.1 Å². The van der Waals surface area contributed by atoms with E-state index in [4.69, 9.17) is 18.9 Å². The summed E-state index contributed by atoms with van der Waals surface area (Å²) in [7, 11) is -1.89. The van der Waals surface area contributed by atoms with Crippen molar-refractivity contribution >= 4 is 15.4 Å². The van der Waals surface area contributed by atoms with Crippen molar-refractivity contribution < 1.29 is 28.9 Å². The topological polar surface area (TPSA) is 123 Å². The maximum atomic E-state index is 11.8. The summed E-state index contributed by atoms with van der Waals surface area (Å²) in [5.41, 5.74) is -0.768. The molecule has 2 rings (SSSR count). The van der Waals surface area contributed by atoms with Crippen LogP contribution in [-0.2, 0) is 13.8 Å². The van der Waals surface area contributed by atoms with Crippen molar-refractivity contribution in [2.75, 3.05) is 13.2 Å². The SMILES string of the molecule is B[PH]1(O)OC[C@H](C)O[C@@H](n2ccc(O)nc2=O)[C@@H](O)CO1. The molecule has 11 heteroatoms. The minimum atomic E-state index is -3.32. The summed E-state index contributed by atoms with van der Waals surface area (Å²) >= 11 is 0. The fourth-order valence-electron chi connectivity index (χ4n) is 1.85. The number of nitrogens with zero attached hydrogens (tertiary/aromatic N) is 2. The van der Waals surface area contributed by atoms with E-state index in [9.17, 15) is 14.8 Å². The Morgan fingerprint density at radius 1 is 1.48 bits per heavy atom. The quantitative estimate of drug-likeness (QED) is 0.413. The molecule has 9 nitrogen and oxygen atoms in total. The van der Waals surface area contributed by atoms with E-state index in [1.54, 1.807) is 6.92 Å². The molecule has 118 valence electrons. The molecule has 0 radical (unpaired) electrons. The van der Waals surface area contributed by atoms with Gasteiger partial charge < -0.3 is 0 Å². The van der Waals surface area contributed by atoms with Gasteiger partial charge in [0.2, 0.25) is 0 Å². The second kappa shape index (κ2) is 6.39. The van der Waals surface area contributed by atoms with Gasteiger partial charge >= 0.3 is 121 Å². The normalized spacial score (nSPS) is 31.7. The van der Waals surface area contributed by atoms with E-state index in [2.05, 4.69) is 4.98 Å². The molecule has 0 aliphatic carbocycles. The molecular weight excluding hydrogens is 302 g/mol. The molecule has 3 N–H and O–H groups in total.